The van der Waals surface area contributed by atoms with Gasteiger partial charge in [-0.2, -0.15) is 0 Å². The van der Waals surface area contributed by atoms with Crippen LogP contribution in [0.15, 0.2) is 48.9 Å². The highest BCUT2D eigenvalue weighted by Gasteiger charge is 2.25. The predicted octanol–water partition coefficient (Wildman–Crippen LogP) is 4.23. The van der Waals surface area contributed by atoms with Crippen molar-refractivity contribution in [1.82, 2.24) is 15.0 Å². The second-order valence-corrected chi connectivity index (χ2v) is 7.71. The largest absolute Gasteiger partial charge is 0.474 e. The van der Waals surface area contributed by atoms with Crippen LogP contribution >= 0.6 is 0 Å². The zero-order valence-electron chi connectivity index (χ0n) is 16.8. The van der Waals surface area contributed by atoms with E-state index in [1.165, 1.54) is 0 Å². The van der Waals surface area contributed by atoms with Gasteiger partial charge in [-0.3, -0.25) is 9.78 Å². The van der Waals surface area contributed by atoms with E-state index in [0.29, 0.717) is 18.1 Å². The van der Waals surface area contributed by atoms with E-state index >= 15 is 0 Å². The fraction of sp³-hybridized carbons (Fsp3) is 0.125. The maximum Gasteiger partial charge on any atom is 0.256 e. The third-order valence-electron chi connectivity index (χ3n) is 5.80. The second-order valence-electron chi connectivity index (χ2n) is 7.71. The van der Waals surface area contributed by atoms with Crippen LogP contribution in [0.2, 0.25) is 0 Å². The lowest BCUT2D eigenvalue weighted by Gasteiger charge is -2.21. The maximum absolute atomic E-state index is 12.7. The number of ether oxygens (including phenoxy) is 1. The number of amides is 1. The summed E-state index contributed by atoms with van der Waals surface area (Å²) in [6.07, 6.45) is 7.27. The average molecular weight is 409 g/mol. The fourth-order valence-corrected chi connectivity index (χ4v) is 4.24. The highest BCUT2D eigenvalue weighted by Crippen LogP contribution is 2.39. The molecule has 7 heteroatoms. The Morgan fingerprint density at radius 2 is 2.06 bits per heavy atom. The summed E-state index contributed by atoms with van der Waals surface area (Å²) in [7, 11) is 0. The molecule has 0 unspecified atom stereocenters. The summed E-state index contributed by atoms with van der Waals surface area (Å²) in [6.45, 7) is 3.43. The van der Waals surface area contributed by atoms with Gasteiger partial charge in [-0.1, -0.05) is 6.07 Å². The van der Waals surface area contributed by atoms with Crippen molar-refractivity contribution in [2.24, 2.45) is 0 Å². The van der Waals surface area contributed by atoms with Crippen molar-refractivity contribution in [3.63, 3.8) is 0 Å². The van der Waals surface area contributed by atoms with E-state index in [-0.39, 0.29) is 5.91 Å². The Morgan fingerprint density at radius 1 is 1.13 bits per heavy atom. The van der Waals surface area contributed by atoms with Gasteiger partial charge in [0.05, 0.1) is 5.57 Å². The van der Waals surface area contributed by atoms with Crippen LogP contribution in [0.5, 0.6) is 5.88 Å². The average Bonchev–Trinajstić information content (AvgIpc) is 3.34. The minimum atomic E-state index is -0.112. The molecule has 3 N–H and O–H groups in total. The van der Waals surface area contributed by atoms with Crippen molar-refractivity contribution in [3.05, 3.63) is 65.7 Å². The Bertz CT molecular complexity index is 1370. The summed E-state index contributed by atoms with van der Waals surface area (Å²) in [5, 5.41) is 7.35. The molecule has 0 radical (unpaired) electrons. The SMILES string of the molecule is Cc1c(-c2ccc3c(c2)/C(=C/c2cc4cnccc4[nH]2)C(=O)N3)cnc2c1NCCO2. The molecule has 1 amide bonds. The number of nitrogens with zero attached hydrogens (tertiary/aromatic N) is 2. The van der Waals surface area contributed by atoms with Gasteiger partial charge in [0, 0.05) is 58.5 Å². The van der Waals surface area contributed by atoms with Crippen molar-refractivity contribution in [2.75, 3.05) is 23.8 Å². The Labute approximate surface area is 178 Å². The van der Waals surface area contributed by atoms with Gasteiger partial charge < -0.3 is 20.4 Å². The van der Waals surface area contributed by atoms with E-state index in [2.05, 4.69) is 32.5 Å². The molecule has 4 aromatic rings. The number of carbonyl (C=O) groups is 1. The topological polar surface area (TPSA) is 91.9 Å². The van der Waals surface area contributed by atoms with Crippen LogP contribution in [0.25, 0.3) is 33.7 Å². The van der Waals surface area contributed by atoms with Crippen molar-refractivity contribution in [2.45, 2.75) is 6.92 Å². The number of aromatic amines is 1. The number of rotatable bonds is 2. The molecular formula is C24H19N5O2. The van der Waals surface area contributed by atoms with Gasteiger partial charge in [0.25, 0.3) is 5.91 Å². The minimum Gasteiger partial charge on any atom is -0.474 e. The first-order chi connectivity index (χ1) is 15.2. The zero-order chi connectivity index (χ0) is 20.9. The summed E-state index contributed by atoms with van der Waals surface area (Å²) in [5.41, 5.74) is 8.18. The minimum absolute atomic E-state index is 0.112. The quantitative estimate of drug-likeness (QED) is 0.431. The van der Waals surface area contributed by atoms with E-state index in [1.54, 1.807) is 12.4 Å². The van der Waals surface area contributed by atoms with Gasteiger partial charge in [-0.05, 0) is 48.4 Å². The zero-order valence-corrected chi connectivity index (χ0v) is 16.8. The summed E-state index contributed by atoms with van der Waals surface area (Å²) in [6, 6.07) is 9.91. The van der Waals surface area contributed by atoms with Gasteiger partial charge in [0.15, 0.2) is 0 Å². The Kier molecular flexibility index (Phi) is 3.83. The van der Waals surface area contributed by atoms with E-state index < -0.39 is 0 Å². The lowest BCUT2D eigenvalue weighted by atomic mass is 9.96. The third kappa shape index (κ3) is 2.85. The monoisotopic (exact) mass is 409 g/mol. The van der Waals surface area contributed by atoms with Crippen LogP contribution in [-0.4, -0.2) is 34.0 Å². The molecule has 0 bridgehead atoms. The molecule has 1 aromatic carbocycles. The Hall–Kier alpha value is -4.13. The number of aromatic nitrogens is 3. The van der Waals surface area contributed by atoms with Crippen LogP contribution in [0.4, 0.5) is 11.4 Å². The Morgan fingerprint density at radius 3 is 2.97 bits per heavy atom. The normalized spacial score (nSPS) is 15.9. The smallest absolute Gasteiger partial charge is 0.256 e. The maximum atomic E-state index is 12.7. The van der Waals surface area contributed by atoms with Gasteiger partial charge >= 0.3 is 0 Å². The first-order valence-corrected chi connectivity index (χ1v) is 10.1. The summed E-state index contributed by atoms with van der Waals surface area (Å²) < 4.78 is 5.65. The second kappa shape index (κ2) is 6.70. The fourth-order valence-electron chi connectivity index (χ4n) is 4.24. The van der Waals surface area contributed by atoms with Gasteiger partial charge in [0.2, 0.25) is 5.88 Å². The summed E-state index contributed by atoms with van der Waals surface area (Å²) >= 11 is 0. The summed E-state index contributed by atoms with van der Waals surface area (Å²) in [5.74, 6) is 0.527. The summed E-state index contributed by atoms with van der Waals surface area (Å²) in [4.78, 5) is 24.7. The number of carbonyl (C=O) groups excluding carboxylic acids is 1. The molecule has 6 rings (SSSR count). The lowest BCUT2D eigenvalue weighted by molar-refractivity contribution is -0.110. The number of anilines is 2. The van der Waals surface area contributed by atoms with Crippen LogP contribution in [0.3, 0.4) is 0 Å². The molecule has 0 aliphatic carbocycles. The third-order valence-corrected chi connectivity index (χ3v) is 5.80. The molecule has 5 heterocycles. The number of H-pyrrole nitrogens is 1. The molecule has 0 spiro atoms. The van der Waals surface area contributed by atoms with Crippen molar-refractivity contribution in [1.29, 1.82) is 0 Å². The molecule has 0 saturated carbocycles. The highest BCUT2D eigenvalue weighted by atomic mass is 16.5. The number of benzene rings is 1. The van der Waals surface area contributed by atoms with Crippen LogP contribution in [0, 0.1) is 6.92 Å². The molecule has 2 aliphatic rings. The number of pyridine rings is 2. The number of fused-ring (bicyclic) bond motifs is 3. The first-order valence-electron chi connectivity index (χ1n) is 10.1. The first kappa shape index (κ1) is 17.7. The number of hydrogen-bond donors (Lipinski definition) is 3. The molecule has 3 aromatic heterocycles. The van der Waals surface area contributed by atoms with Crippen molar-refractivity contribution in [3.8, 4) is 17.0 Å². The molecule has 152 valence electrons. The van der Waals surface area contributed by atoms with E-state index in [0.717, 1.165) is 56.8 Å². The van der Waals surface area contributed by atoms with Crippen molar-refractivity contribution >= 4 is 39.8 Å². The predicted molar refractivity (Wildman–Crippen MR) is 121 cm³/mol. The molecule has 0 saturated heterocycles. The molecule has 0 atom stereocenters. The van der Waals surface area contributed by atoms with Gasteiger partial charge in [-0.25, -0.2) is 4.98 Å². The lowest BCUT2D eigenvalue weighted by Crippen LogP contribution is -2.20. The standard InChI is InChI=1S/C24H19N5O2/c1-13-19(12-27-24-22(13)26-6-7-31-24)14-2-3-21-17(9-14)18(23(30)29-21)10-16-8-15-11-25-5-4-20(15)28-16/h2-5,8-12,26,28H,6-7H2,1H3,(H,29,30)/b18-10-. The van der Waals surface area contributed by atoms with E-state index in [4.69, 9.17) is 4.74 Å². The van der Waals surface area contributed by atoms with Crippen LogP contribution in [0.1, 0.15) is 16.8 Å². The molecule has 2 aliphatic heterocycles. The molecule has 0 fully saturated rings. The number of hydrogen-bond acceptors (Lipinski definition) is 5. The highest BCUT2D eigenvalue weighted by molar-refractivity contribution is 6.35. The van der Waals surface area contributed by atoms with E-state index in [9.17, 15) is 4.79 Å². The van der Waals surface area contributed by atoms with E-state index in [1.807, 2.05) is 42.6 Å². The molecule has 7 nitrogen and oxygen atoms in total. The Balaban J connectivity index is 1.45. The van der Waals surface area contributed by atoms with Crippen LogP contribution in [-0.2, 0) is 4.79 Å². The van der Waals surface area contributed by atoms with Crippen LogP contribution < -0.4 is 15.4 Å². The molecule has 31 heavy (non-hydrogen) atoms. The van der Waals surface area contributed by atoms with Gasteiger partial charge in [0.1, 0.15) is 12.3 Å². The van der Waals surface area contributed by atoms with Crippen molar-refractivity contribution < 1.29 is 9.53 Å². The number of nitrogens with one attached hydrogen (secondary N) is 3. The molecular weight excluding hydrogens is 390 g/mol. The van der Waals surface area contributed by atoms with Gasteiger partial charge in [-0.15, -0.1) is 0 Å².